The second kappa shape index (κ2) is 9.14. The van der Waals surface area contributed by atoms with Gasteiger partial charge < -0.3 is 24.1 Å². The number of aromatic nitrogens is 2. The molecular weight excluding hydrogens is 454 g/mol. The maximum Gasteiger partial charge on any atom is 0.260 e. The lowest BCUT2D eigenvalue weighted by molar-refractivity contribution is -0.136. The van der Waals surface area contributed by atoms with Crippen molar-refractivity contribution in [3.63, 3.8) is 0 Å². The Morgan fingerprint density at radius 1 is 1.17 bits per heavy atom. The van der Waals surface area contributed by atoms with Crippen molar-refractivity contribution in [3.05, 3.63) is 83.0 Å². The first-order valence-electron chi connectivity index (χ1n) is 11.4. The highest BCUT2D eigenvalue weighted by molar-refractivity contribution is 6.03. The molecule has 0 bridgehead atoms. The van der Waals surface area contributed by atoms with Gasteiger partial charge in [-0.25, -0.2) is 13.8 Å². The number of oxime groups is 1. The second-order valence-corrected chi connectivity index (χ2v) is 8.74. The third-order valence-corrected chi connectivity index (χ3v) is 6.40. The van der Waals surface area contributed by atoms with E-state index in [0.29, 0.717) is 18.1 Å². The summed E-state index contributed by atoms with van der Waals surface area (Å²) >= 11 is 0. The summed E-state index contributed by atoms with van der Waals surface area (Å²) < 4.78 is 35.6. The zero-order valence-electron chi connectivity index (χ0n) is 19.5. The number of hydrogen-bond donors (Lipinski definition) is 1. The Hall–Kier alpha value is -3.72. The smallest absolute Gasteiger partial charge is 0.260 e. The fraction of sp³-hybridized carbons (Fsp3) is 0.308. The van der Waals surface area contributed by atoms with Crippen LogP contribution in [0, 0.1) is 18.6 Å². The normalized spacial score (nSPS) is 20.9. The Balaban J connectivity index is 1.51. The standard InChI is InChI=1S/C26H26F2N4O3/c1-17-14-31(16-29-17)23-7-6-18(10-24(23)34-2)9-19-5-3-4-8-32-25(19)30-35-26(32,15-33)20-11-21(27)13-22(28)12-20/h6-7,9-14,16,33H,3-5,8,15H2,1-2H3/b19-9+. The van der Waals surface area contributed by atoms with Crippen LogP contribution in [0.5, 0.6) is 5.75 Å². The minimum atomic E-state index is -1.48. The molecule has 7 nitrogen and oxygen atoms in total. The molecule has 0 aliphatic carbocycles. The molecule has 1 saturated heterocycles. The minimum absolute atomic E-state index is 0.180. The third-order valence-electron chi connectivity index (χ3n) is 6.40. The number of amidine groups is 1. The van der Waals surface area contributed by atoms with Gasteiger partial charge in [-0.1, -0.05) is 11.2 Å². The number of imidazole rings is 1. The Morgan fingerprint density at radius 2 is 1.97 bits per heavy atom. The van der Waals surface area contributed by atoms with E-state index in [2.05, 4.69) is 10.1 Å². The highest BCUT2D eigenvalue weighted by atomic mass is 19.1. The van der Waals surface area contributed by atoms with E-state index in [9.17, 15) is 13.9 Å². The van der Waals surface area contributed by atoms with Gasteiger partial charge >= 0.3 is 0 Å². The average molecular weight is 481 g/mol. The fourth-order valence-corrected chi connectivity index (χ4v) is 4.69. The van der Waals surface area contributed by atoms with Crippen molar-refractivity contribution in [2.45, 2.75) is 31.9 Å². The molecule has 3 aromatic rings. The number of methoxy groups -OCH3 is 1. The van der Waals surface area contributed by atoms with E-state index >= 15 is 0 Å². The largest absolute Gasteiger partial charge is 0.495 e. The van der Waals surface area contributed by atoms with Crippen LogP contribution in [0.15, 0.2) is 59.7 Å². The number of aliphatic hydroxyl groups excluding tert-OH is 1. The van der Waals surface area contributed by atoms with Gasteiger partial charge in [-0.15, -0.1) is 0 Å². The molecule has 5 rings (SSSR count). The summed E-state index contributed by atoms with van der Waals surface area (Å²) in [5.41, 5.74) is 2.28. The molecule has 0 amide bonds. The molecule has 0 radical (unpaired) electrons. The van der Waals surface area contributed by atoms with Crippen LogP contribution < -0.4 is 4.74 Å². The molecule has 2 aromatic carbocycles. The van der Waals surface area contributed by atoms with Crippen molar-refractivity contribution in [1.82, 2.24) is 14.5 Å². The fourth-order valence-electron chi connectivity index (χ4n) is 4.69. The number of benzene rings is 2. The molecule has 2 aliphatic rings. The van der Waals surface area contributed by atoms with Gasteiger partial charge in [0, 0.05) is 24.4 Å². The molecule has 0 saturated carbocycles. The summed E-state index contributed by atoms with van der Waals surface area (Å²) in [5, 5.41) is 14.6. The first-order valence-corrected chi connectivity index (χ1v) is 11.4. The minimum Gasteiger partial charge on any atom is -0.495 e. The maximum absolute atomic E-state index is 14.0. The lowest BCUT2D eigenvalue weighted by Crippen LogP contribution is -2.49. The predicted octanol–water partition coefficient (Wildman–Crippen LogP) is 4.53. The van der Waals surface area contributed by atoms with Crippen molar-refractivity contribution in [2.24, 2.45) is 5.16 Å². The predicted molar refractivity (Wildman–Crippen MR) is 127 cm³/mol. The number of nitrogens with zero attached hydrogens (tertiary/aromatic N) is 4. The van der Waals surface area contributed by atoms with Crippen LogP contribution in [0.3, 0.4) is 0 Å². The number of hydrogen-bond acceptors (Lipinski definition) is 6. The quantitative estimate of drug-likeness (QED) is 0.581. The van der Waals surface area contributed by atoms with E-state index in [0.717, 1.165) is 47.8 Å². The van der Waals surface area contributed by atoms with Crippen molar-refractivity contribution in [2.75, 3.05) is 20.3 Å². The molecular formula is C26H26F2N4O3. The van der Waals surface area contributed by atoms with Crippen LogP contribution in [-0.2, 0) is 10.6 Å². The van der Waals surface area contributed by atoms with Crippen LogP contribution in [0.4, 0.5) is 8.78 Å². The highest BCUT2D eigenvalue weighted by Gasteiger charge is 2.49. The molecule has 2 aliphatic heterocycles. The summed E-state index contributed by atoms with van der Waals surface area (Å²) in [6.45, 7) is 1.94. The van der Waals surface area contributed by atoms with Gasteiger partial charge in [0.1, 0.15) is 24.0 Å². The van der Waals surface area contributed by atoms with Crippen molar-refractivity contribution >= 4 is 11.9 Å². The summed E-state index contributed by atoms with van der Waals surface area (Å²) in [5.74, 6) is -0.243. The van der Waals surface area contributed by atoms with Crippen LogP contribution >= 0.6 is 0 Å². The molecule has 1 unspecified atom stereocenters. The van der Waals surface area contributed by atoms with Gasteiger partial charge in [0.2, 0.25) is 0 Å². The lowest BCUT2D eigenvalue weighted by Gasteiger charge is -2.35. The van der Waals surface area contributed by atoms with E-state index in [-0.39, 0.29) is 5.56 Å². The van der Waals surface area contributed by atoms with E-state index in [1.165, 1.54) is 12.1 Å². The molecule has 1 aromatic heterocycles. The van der Waals surface area contributed by atoms with Crippen molar-refractivity contribution in [3.8, 4) is 11.4 Å². The monoisotopic (exact) mass is 480 g/mol. The van der Waals surface area contributed by atoms with E-state index in [1.807, 2.05) is 42.0 Å². The van der Waals surface area contributed by atoms with Crippen LogP contribution in [0.1, 0.15) is 36.1 Å². The number of fused-ring (bicyclic) bond motifs is 1. The van der Waals surface area contributed by atoms with Crippen LogP contribution in [0.2, 0.25) is 0 Å². The molecule has 1 fully saturated rings. The number of halogens is 2. The van der Waals surface area contributed by atoms with Gasteiger partial charge in [-0.2, -0.15) is 0 Å². The average Bonchev–Trinajstić information content (AvgIpc) is 3.38. The van der Waals surface area contributed by atoms with Gasteiger partial charge in [0.05, 0.1) is 24.8 Å². The van der Waals surface area contributed by atoms with Crippen molar-refractivity contribution < 1.29 is 23.5 Å². The van der Waals surface area contributed by atoms with Crippen LogP contribution in [-0.4, -0.2) is 45.7 Å². The highest BCUT2D eigenvalue weighted by Crippen LogP contribution is 2.40. The number of aryl methyl sites for hydroxylation is 1. The number of rotatable bonds is 5. The lowest BCUT2D eigenvalue weighted by atomic mass is 9.99. The summed E-state index contributed by atoms with van der Waals surface area (Å²) in [7, 11) is 1.62. The summed E-state index contributed by atoms with van der Waals surface area (Å²) in [4.78, 5) is 11.8. The van der Waals surface area contributed by atoms with Gasteiger partial charge in [-0.05, 0) is 67.7 Å². The second-order valence-electron chi connectivity index (χ2n) is 8.74. The van der Waals surface area contributed by atoms with Crippen LogP contribution in [0.25, 0.3) is 11.8 Å². The summed E-state index contributed by atoms with van der Waals surface area (Å²) in [6.07, 6.45) is 8.11. The van der Waals surface area contributed by atoms with Gasteiger partial charge in [0.25, 0.3) is 5.72 Å². The molecule has 1 N–H and O–H groups in total. The SMILES string of the molecule is COc1cc(/C=C2\CCCCN3C2=NOC3(CO)c2cc(F)cc(F)c2)ccc1-n1cnc(C)c1. The molecule has 9 heteroatoms. The zero-order chi connectivity index (χ0) is 24.6. The third kappa shape index (κ3) is 4.16. The molecule has 35 heavy (non-hydrogen) atoms. The number of aliphatic hydroxyl groups is 1. The molecule has 0 spiro atoms. The van der Waals surface area contributed by atoms with E-state index < -0.39 is 24.0 Å². The van der Waals surface area contributed by atoms with E-state index in [4.69, 9.17) is 9.57 Å². The van der Waals surface area contributed by atoms with Crippen molar-refractivity contribution in [1.29, 1.82) is 0 Å². The Morgan fingerprint density at radius 3 is 2.66 bits per heavy atom. The number of ether oxygens (including phenoxy) is 1. The molecule has 1 atom stereocenters. The topological polar surface area (TPSA) is 72.1 Å². The zero-order valence-corrected chi connectivity index (χ0v) is 19.5. The Bertz CT molecular complexity index is 1300. The first-order chi connectivity index (χ1) is 16.9. The van der Waals surface area contributed by atoms with E-state index in [1.54, 1.807) is 18.3 Å². The van der Waals surface area contributed by atoms with Gasteiger partial charge in [0.15, 0.2) is 5.84 Å². The van der Waals surface area contributed by atoms with Gasteiger partial charge in [-0.3, -0.25) is 0 Å². The Labute approximate surface area is 201 Å². The maximum atomic E-state index is 14.0. The molecule has 3 heterocycles. The first kappa shape index (κ1) is 23.0. The Kier molecular flexibility index (Phi) is 6.02. The molecule has 182 valence electrons. The summed E-state index contributed by atoms with van der Waals surface area (Å²) in [6, 6.07) is 9.01.